The lowest BCUT2D eigenvalue weighted by atomic mass is 10.2. The molecule has 1 heterocycles. The smallest absolute Gasteiger partial charge is 0.191 e. The van der Waals surface area contributed by atoms with Crippen LogP contribution in [0, 0.1) is 11.7 Å². The van der Waals surface area contributed by atoms with Crippen molar-refractivity contribution in [3.63, 3.8) is 0 Å². The number of hydrogen-bond donors (Lipinski definition) is 0. The Kier molecular flexibility index (Phi) is 7.04. The van der Waals surface area contributed by atoms with E-state index in [1.807, 2.05) is 29.7 Å². The molecular weight excluding hydrogens is 389 g/mol. The summed E-state index contributed by atoms with van der Waals surface area (Å²) in [5.41, 5.74) is 0.673. The third kappa shape index (κ3) is 5.44. The number of carbonyl (C=O) groups is 1. The lowest BCUT2D eigenvalue weighted by molar-refractivity contribution is 0.102. The van der Waals surface area contributed by atoms with Crippen molar-refractivity contribution in [2.24, 2.45) is 5.92 Å². The average Bonchev–Trinajstić information content (AvgIpc) is 3.10. The number of Topliss-reactive ketones (excluding diaryl/α,β-unsaturated/α-hetero) is 1. The Labute approximate surface area is 174 Å². The number of halogens is 1. The van der Waals surface area contributed by atoms with Crippen molar-refractivity contribution in [2.75, 3.05) is 5.75 Å². The lowest BCUT2D eigenvalue weighted by Crippen LogP contribution is -2.16. The van der Waals surface area contributed by atoms with Gasteiger partial charge in [0, 0.05) is 12.1 Å². The molecule has 29 heavy (non-hydrogen) atoms. The molecule has 0 aliphatic heterocycles. The first-order valence-corrected chi connectivity index (χ1v) is 10.5. The van der Waals surface area contributed by atoms with Crippen molar-refractivity contribution >= 4 is 17.5 Å². The number of hydrogen-bond acceptors (Lipinski definition) is 5. The van der Waals surface area contributed by atoms with Gasteiger partial charge in [-0.3, -0.25) is 4.79 Å². The molecule has 0 spiro atoms. The highest BCUT2D eigenvalue weighted by Gasteiger charge is 2.22. The molecular formula is C22H24FN3O2S. The second-order valence-corrected chi connectivity index (χ2v) is 8.06. The molecule has 1 atom stereocenters. The Balaban J connectivity index is 1.77. The van der Waals surface area contributed by atoms with Gasteiger partial charge in [-0.1, -0.05) is 68.1 Å². The predicted octanol–water partition coefficient (Wildman–Crippen LogP) is 5.19. The Bertz CT molecular complexity index is 960. The summed E-state index contributed by atoms with van der Waals surface area (Å²) in [5.74, 6) is 1.01. The average molecular weight is 414 g/mol. The summed E-state index contributed by atoms with van der Waals surface area (Å²) >= 11 is 1.35. The third-order valence-electron chi connectivity index (χ3n) is 4.23. The van der Waals surface area contributed by atoms with E-state index < -0.39 is 11.9 Å². The molecule has 1 aromatic heterocycles. The SMILES string of the molecule is CC(C)Cn1c(SCC(=O)c2ccccc2)nnc1C(C)Oc1ccccc1F. The van der Waals surface area contributed by atoms with Crippen molar-refractivity contribution in [1.29, 1.82) is 0 Å². The van der Waals surface area contributed by atoms with Gasteiger partial charge in [-0.25, -0.2) is 4.39 Å². The zero-order valence-electron chi connectivity index (χ0n) is 16.7. The van der Waals surface area contributed by atoms with Crippen LogP contribution in [0.1, 0.15) is 43.1 Å². The summed E-state index contributed by atoms with van der Waals surface area (Å²) in [6, 6.07) is 15.5. The van der Waals surface area contributed by atoms with Crippen LogP contribution in [0.3, 0.4) is 0 Å². The summed E-state index contributed by atoms with van der Waals surface area (Å²) in [6.45, 7) is 6.68. The van der Waals surface area contributed by atoms with Crippen LogP contribution in [0.5, 0.6) is 5.75 Å². The van der Waals surface area contributed by atoms with Crippen molar-refractivity contribution < 1.29 is 13.9 Å². The molecule has 0 N–H and O–H groups in total. The number of benzene rings is 2. The number of ketones is 1. The van der Waals surface area contributed by atoms with Crippen LogP contribution in [-0.4, -0.2) is 26.3 Å². The maximum absolute atomic E-state index is 13.9. The standard InChI is InChI=1S/C22H24FN3O2S/c1-15(2)13-26-21(16(3)28-20-12-8-7-11-18(20)23)24-25-22(26)29-14-19(27)17-9-5-4-6-10-17/h4-12,15-16H,13-14H2,1-3H3. The molecule has 0 aliphatic carbocycles. The molecule has 0 amide bonds. The minimum Gasteiger partial charge on any atom is -0.480 e. The maximum atomic E-state index is 13.9. The molecule has 0 bridgehead atoms. The number of nitrogens with zero attached hydrogens (tertiary/aromatic N) is 3. The van der Waals surface area contributed by atoms with E-state index >= 15 is 0 Å². The highest BCUT2D eigenvalue weighted by atomic mass is 32.2. The van der Waals surface area contributed by atoms with Gasteiger partial charge in [0.05, 0.1) is 5.75 Å². The summed E-state index contributed by atoms with van der Waals surface area (Å²) in [7, 11) is 0. The van der Waals surface area contributed by atoms with Gasteiger partial charge >= 0.3 is 0 Å². The van der Waals surface area contributed by atoms with E-state index in [4.69, 9.17) is 4.74 Å². The molecule has 3 rings (SSSR count). The number of para-hydroxylation sites is 1. The molecule has 0 fully saturated rings. The van der Waals surface area contributed by atoms with E-state index in [9.17, 15) is 9.18 Å². The molecule has 0 radical (unpaired) electrons. The molecule has 0 saturated carbocycles. The van der Waals surface area contributed by atoms with Crippen LogP contribution >= 0.6 is 11.8 Å². The van der Waals surface area contributed by atoms with Gasteiger partial charge in [0.1, 0.15) is 0 Å². The van der Waals surface area contributed by atoms with Crippen LogP contribution in [-0.2, 0) is 6.54 Å². The Morgan fingerprint density at radius 2 is 1.76 bits per heavy atom. The summed E-state index contributed by atoms with van der Waals surface area (Å²) in [5, 5.41) is 9.20. The molecule has 152 valence electrons. The number of ether oxygens (including phenoxy) is 1. The van der Waals surface area contributed by atoms with Gasteiger partial charge in [-0.15, -0.1) is 10.2 Å². The number of rotatable bonds is 9. The van der Waals surface area contributed by atoms with Gasteiger partial charge in [0.2, 0.25) is 0 Å². The maximum Gasteiger partial charge on any atom is 0.191 e. The quantitative estimate of drug-likeness (QED) is 0.357. The predicted molar refractivity (Wildman–Crippen MR) is 112 cm³/mol. The monoisotopic (exact) mass is 413 g/mol. The Morgan fingerprint density at radius 3 is 2.45 bits per heavy atom. The van der Waals surface area contributed by atoms with Crippen LogP contribution in [0.4, 0.5) is 4.39 Å². The van der Waals surface area contributed by atoms with E-state index in [1.165, 1.54) is 17.8 Å². The van der Waals surface area contributed by atoms with Crippen molar-refractivity contribution in [1.82, 2.24) is 14.8 Å². The van der Waals surface area contributed by atoms with E-state index in [0.29, 0.717) is 29.0 Å². The molecule has 3 aromatic rings. The first-order chi connectivity index (χ1) is 14.0. The summed E-state index contributed by atoms with van der Waals surface area (Å²) in [6.07, 6.45) is -0.489. The largest absolute Gasteiger partial charge is 0.480 e. The molecule has 7 heteroatoms. The summed E-state index contributed by atoms with van der Waals surface area (Å²) in [4.78, 5) is 12.4. The number of thioether (sulfide) groups is 1. The first-order valence-electron chi connectivity index (χ1n) is 9.51. The van der Waals surface area contributed by atoms with Crippen LogP contribution < -0.4 is 4.74 Å². The van der Waals surface area contributed by atoms with Crippen molar-refractivity contribution in [2.45, 2.75) is 38.6 Å². The van der Waals surface area contributed by atoms with Crippen LogP contribution in [0.25, 0.3) is 0 Å². The fourth-order valence-corrected chi connectivity index (χ4v) is 3.71. The number of carbonyl (C=O) groups excluding carboxylic acids is 1. The van der Waals surface area contributed by atoms with Gasteiger partial charge in [-0.2, -0.15) is 0 Å². The lowest BCUT2D eigenvalue weighted by Gasteiger charge is -2.18. The molecule has 5 nitrogen and oxygen atoms in total. The zero-order chi connectivity index (χ0) is 20.8. The second kappa shape index (κ2) is 9.69. The summed E-state index contributed by atoms with van der Waals surface area (Å²) < 4.78 is 21.7. The Hall–Kier alpha value is -2.67. The van der Waals surface area contributed by atoms with Crippen molar-refractivity contribution in [3.8, 4) is 5.75 Å². The zero-order valence-corrected chi connectivity index (χ0v) is 17.5. The van der Waals surface area contributed by atoms with E-state index in [0.717, 1.165) is 0 Å². The molecule has 0 aliphatic rings. The minimum absolute atomic E-state index is 0.0342. The molecule has 1 unspecified atom stereocenters. The first kappa shape index (κ1) is 21.0. The fraction of sp³-hybridized carbons (Fsp3) is 0.318. The van der Waals surface area contributed by atoms with E-state index in [-0.39, 0.29) is 17.3 Å². The van der Waals surface area contributed by atoms with E-state index in [1.54, 1.807) is 30.3 Å². The van der Waals surface area contributed by atoms with Gasteiger partial charge in [0.15, 0.2) is 34.4 Å². The molecule has 0 saturated heterocycles. The topological polar surface area (TPSA) is 57.0 Å². The number of aromatic nitrogens is 3. The minimum atomic E-state index is -0.489. The molecule has 2 aromatic carbocycles. The fourth-order valence-electron chi connectivity index (χ4n) is 2.87. The second-order valence-electron chi connectivity index (χ2n) is 7.11. The highest BCUT2D eigenvalue weighted by molar-refractivity contribution is 7.99. The van der Waals surface area contributed by atoms with Gasteiger partial charge in [0.25, 0.3) is 0 Å². The van der Waals surface area contributed by atoms with Crippen LogP contribution in [0.15, 0.2) is 59.8 Å². The van der Waals surface area contributed by atoms with E-state index in [2.05, 4.69) is 24.0 Å². The normalized spacial score (nSPS) is 12.2. The van der Waals surface area contributed by atoms with Crippen LogP contribution in [0.2, 0.25) is 0 Å². The van der Waals surface area contributed by atoms with Gasteiger partial charge < -0.3 is 9.30 Å². The van der Waals surface area contributed by atoms with Crippen molar-refractivity contribution in [3.05, 3.63) is 71.8 Å². The van der Waals surface area contributed by atoms with Gasteiger partial charge in [-0.05, 0) is 25.0 Å². The Morgan fingerprint density at radius 1 is 1.07 bits per heavy atom. The highest BCUT2D eigenvalue weighted by Crippen LogP contribution is 2.27. The third-order valence-corrected chi connectivity index (χ3v) is 5.19.